The monoisotopic (exact) mass is 234 g/mol. The van der Waals surface area contributed by atoms with Gasteiger partial charge in [-0.15, -0.1) is 0 Å². The summed E-state index contributed by atoms with van der Waals surface area (Å²) in [4.78, 5) is 0. The molecule has 1 heterocycles. The summed E-state index contributed by atoms with van der Waals surface area (Å²) in [6, 6.07) is 6.52. The highest BCUT2D eigenvalue weighted by Gasteiger charge is 2.06. The van der Waals surface area contributed by atoms with Crippen LogP contribution in [-0.2, 0) is 0 Å². The van der Waals surface area contributed by atoms with Gasteiger partial charge in [-0.3, -0.25) is 0 Å². The molecule has 16 heavy (non-hydrogen) atoms. The minimum absolute atomic E-state index is 0.349. The van der Waals surface area contributed by atoms with E-state index in [0.717, 1.165) is 0 Å². The number of hydrogen-bond donors (Lipinski definition) is 0. The van der Waals surface area contributed by atoms with Crippen LogP contribution in [0.1, 0.15) is 5.69 Å². The topological polar surface area (TPSA) is 58.8 Å². The predicted octanol–water partition coefficient (Wildman–Crippen LogP) is 3.15. The van der Waals surface area contributed by atoms with Crippen molar-refractivity contribution in [3.05, 3.63) is 41.2 Å². The number of nitrogens with one attached hydrogen (secondary N) is 1. The summed E-state index contributed by atoms with van der Waals surface area (Å²) in [7, 11) is 0. The number of hydrogen-bond acceptors (Lipinski definition) is 3. The molecule has 0 fully saturated rings. The van der Waals surface area contributed by atoms with E-state index < -0.39 is 0 Å². The van der Waals surface area contributed by atoms with E-state index in [0.29, 0.717) is 27.9 Å². The number of ether oxygens (including phenoxy) is 1. The van der Waals surface area contributed by atoms with Crippen molar-refractivity contribution in [3.8, 4) is 11.5 Å². The average molecular weight is 235 g/mol. The second-order valence-corrected chi connectivity index (χ2v) is 3.64. The molecular weight excluding hydrogens is 226 g/mol. The summed E-state index contributed by atoms with van der Waals surface area (Å²) in [6.07, 6.45) is 1.55. The second kappa shape index (κ2) is 4.37. The van der Waals surface area contributed by atoms with Crippen molar-refractivity contribution >= 4 is 17.3 Å². The molecule has 2 aromatic rings. The number of aryl methyl sites for hydroxylation is 1. The molecule has 0 saturated carbocycles. The smallest absolute Gasteiger partial charge is 0.152 e. The van der Waals surface area contributed by atoms with Crippen LogP contribution in [0.4, 0.5) is 5.69 Å². The van der Waals surface area contributed by atoms with Crippen molar-refractivity contribution in [1.29, 1.82) is 0 Å². The number of benzene rings is 1. The maximum Gasteiger partial charge on any atom is 0.152 e. The molecule has 0 amide bonds. The largest absolute Gasteiger partial charge is 0.454 e. The van der Waals surface area contributed by atoms with Crippen LogP contribution in [0.3, 0.4) is 0 Å². The third-order valence-corrected chi connectivity index (χ3v) is 2.30. The first-order chi connectivity index (χ1) is 7.66. The second-order valence-electron chi connectivity index (χ2n) is 3.23. The van der Waals surface area contributed by atoms with Gasteiger partial charge in [-0.25, -0.2) is 0 Å². The molecule has 81 valence electrons. The Kier molecular flexibility index (Phi) is 2.92. The number of nitrogens with zero attached hydrogens (tertiary/aromatic N) is 2. The molecule has 1 radical (unpaired) electrons. The first-order valence-corrected chi connectivity index (χ1v) is 5.02. The van der Waals surface area contributed by atoms with Crippen molar-refractivity contribution in [2.24, 2.45) is 0 Å². The van der Waals surface area contributed by atoms with Crippen molar-refractivity contribution in [2.45, 2.75) is 6.92 Å². The summed E-state index contributed by atoms with van der Waals surface area (Å²) >= 11 is 5.95. The van der Waals surface area contributed by atoms with E-state index in [1.54, 1.807) is 31.3 Å². The standard InChI is InChI=1S/C11H9ClN3O/c1-7-10(4-5-14-15-7)16-11-3-2-8(13)6-9(11)12/h2-6,13H,1H3. The van der Waals surface area contributed by atoms with Gasteiger partial charge in [0.15, 0.2) is 5.75 Å². The third-order valence-electron chi connectivity index (χ3n) is 2.01. The molecule has 0 bridgehead atoms. The summed E-state index contributed by atoms with van der Waals surface area (Å²) in [5.74, 6) is 1.11. The lowest BCUT2D eigenvalue weighted by molar-refractivity contribution is 0.473. The van der Waals surface area contributed by atoms with Crippen LogP contribution >= 0.6 is 11.6 Å². The van der Waals surface area contributed by atoms with Gasteiger partial charge in [0.05, 0.1) is 16.9 Å². The summed E-state index contributed by atoms with van der Waals surface area (Å²) in [5.41, 5.74) is 8.43. The Balaban J connectivity index is 2.31. The zero-order chi connectivity index (χ0) is 11.5. The Morgan fingerprint density at radius 3 is 2.75 bits per heavy atom. The Morgan fingerprint density at radius 1 is 1.25 bits per heavy atom. The highest BCUT2D eigenvalue weighted by atomic mass is 35.5. The quantitative estimate of drug-likeness (QED) is 0.802. The molecule has 5 heteroatoms. The van der Waals surface area contributed by atoms with Gasteiger partial charge in [-0.05, 0) is 25.1 Å². The molecule has 0 spiro atoms. The van der Waals surface area contributed by atoms with E-state index in [1.165, 1.54) is 6.07 Å². The highest BCUT2D eigenvalue weighted by Crippen LogP contribution is 2.31. The van der Waals surface area contributed by atoms with Gasteiger partial charge in [0.25, 0.3) is 0 Å². The SMILES string of the molecule is Cc1nnccc1Oc1ccc([NH])cc1Cl. The molecule has 4 nitrogen and oxygen atoms in total. The van der Waals surface area contributed by atoms with Crippen molar-refractivity contribution in [2.75, 3.05) is 0 Å². The first-order valence-electron chi connectivity index (χ1n) is 4.64. The van der Waals surface area contributed by atoms with Gasteiger partial charge < -0.3 is 10.5 Å². The normalized spacial score (nSPS) is 10.1. The molecule has 1 N–H and O–H groups in total. The lowest BCUT2D eigenvalue weighted by Gasteiger charge is -2.08. The molecule has 0 unspecified atom stereocenters. The molecule has 0 atom stereocenters. The molecule has 0 saturated heterocycles. The van der Waals surface area contributed by atoms with Crippen molar-refractivity contribution in [1.82, 2.24) is 15.9 Å². The fourth-order valence-corrected chi connectivity index (χ4v) is 1.42. The van der Waals surface area contributed by atoms with Crippen LogP contribution in [-0.4, -0.2) is 10.2 Å². The molecule has 0 aliphatic carbocycles. The van der Waals surface area contributed by atoms with Crippen LogP contribution < -0.4 is 10.5 Å². The maximum atomic E-state index is 7.39. The fourth-order valence-electron chi connectivity index (χ4n) is 1.20. The lowest BCUT2D eigenvalue weighted by Crippen LogP contribution is -1.92. The highest BCUT2D eigenvalue weighted by molar-refractivity contribution is 6.32. The summed E-state index contributed by atoms with van der Waals surface area (Å²) in [6.45, 7) is 1.80. The number of rotatable bonds is 2. The average Bonchev–Trinajstić information content (AvgIpc) is 2.25. The van der Waals surface area contributed by atoms with Crippen LogP contribution in [0.5, 0.6) is 11.5 Å². The van der Waals surface area contributed by atoms with Gasteiger partial charge in [0.1, 0.15) is 11.4 Å². The number of aromatic nitrogens is 2. The van der Waals surface area contributed by atoms with Gasteiger partial charge in [-0.2, -0.15) is 10.2 Å². The third kappa shape index (κ3) is 2.23. The van der Waals surface area contributed by atoms with Gasteiger partial charge >= 0.3 is 0 Å². The maximum absolute atomic E-state index is 7.39. The fraction of sp³-hybridized carbons (Fsp3) is 0.0909. The van der Waals surface area contributed by atoms with E-state index in [4.69, 9.17) is 22.1 Å². The zero-order valence-electron chi connectivity index (χ0n) is 8.57. The van der Waals surface area contributed by atoms with Crippen molar-refractivity contribution < 1.29 is 4.74 Å². The van der Waals surface area contributed by atoms with Crippen LogP contribution in [0.15, 0.2) is 30.5 Å². The summed E-state index contributed by atoms with van der Waals surface area (Å²) < 4.78 is 5.58. The van der Waals surface area contributed by atoms with E-state index in [-0.39, 0.29) is 0 Å². The first kappa shape index (κ1) is 10.7. The van der Waals surface area contributed by atoms with Crippen LogP contribution in [0, 0.1) is 6.92 Å². The molecule has 1 aromatic heterocycles. The Bertz CT molecular complexity index is 516. The minimum Gasteiger partial charge on any atom is -0.454 e. The van der Waals surface area contributed by atoms with E-state index in [1.807, 2.05) is 0 Å². The van der Waals surface area contributed by atoms with Crippen LogP contribution in [0.2, 0.25) is 5.02 Å². The zero-order valence-corrected chi connectivity index (χ0v) is 9.32. The molecular formula is C11H9ClN3O. The van der Waals surface area contributed by atoms with E-state index in [9.17, 15) is 0 Å². The minimum atomic E-state index is 0.349. The lowest BCUT2D eigenvalue weighted by atomic mass is 10.3. The Morgan fingerprint density at radius 2 is 2.06 bits per heavy atom. The Hall–Kier alpha value is -1.81. The van der Waals surface area contributed by atoms with E-state index in [2.05, 4.69) is 10.2 Å². The summed E-state index contributed by atoms with van der Waals surface area (Å²) in [5, 5.41) is 8.00. The van der Waals surface area contributed by atoms with Crippen LogP contribution in [0.25, 0.3) is 0 Å². The Labute approximate surface area is 98.0 Å². The van der Waals surface area contributed by atoms with Gasteiger partial charge in [-0.1, -0.05) is 11.6 Å². The molecule has 2 rings (SSSR count). The van der Waals surface area contributed by atoms with Crippen molar-refractivity contribution in [3.63, 3.8) is 0 Å². The molecule has 1 aromatic carbocycles. The van der Waals surface area contributed by atoms with Gasteiger partial charge in [0.2, 0.25) is 0 Å². The predicted molar refractivity (Wildman–Crippen MR) is 61.1 cm³/mol. The molecule has 0 aliphatic rings. The van der Waals surface area contributed by atoms with Gasteiger partial charge in [0, 0.05) is 6.07 Å². The van der Waals surface area contributed by atoms with E-state index >= 15 is 0 Å². The number of halogens is 1. The molecule has 0 aliphatic heterocycles.